The van der Waals surface area contributed by atoms with Crippen LogP contribution in [0.15, 0.2) is 82.2 Å². The molecule has 2 heterocycles. The lowest BCUT2D eigenvalue weighted by molar-refractivity contribution is 0.174. The first-order valence-corrected chi connectivity index (χ1v) is 8.78. The van der Waals surface area contributed by atoms with Gasteiger partial charge in [0.25, 0.3) is 0 Å². The van der Waals surface area contributed by atoms with Gasteiger partial charge >= 0.3 is 0 Å². The Morgan fingerprint density at radius 3 is 2.25 bits per heavy atom. The number of benzene rings is 3. The summed E-state index contributed by atoms with van der Waals surface area (Å²) in [4.78, 5) is 4.50. The Bertz CT molecular complexity index is 1140. The number of aromatic nitrogens is 2. The van der Waals surface area contributed by atoms with Crippen molar-refractivity contribution in [2.24, 2.45) is 4.99 Å². The quantitative estimate of drug-likeness (QED) is 0.479. The van der Waals surface area contributed by atoms with E-state index in [1.165, 1.54) is 0 Å². The van der Waals surface area contributed by atoms with Crippen LogP contribution in [0.4, 0.5) is 5.69 Å². The van der Waals surface area contributed by atoms with Crippen LogP contribution in [0.1, 0.15) is 5.56 Å². The number of aliphatic imine (C=N–C) groups is 1. The van der Waals surface area contributed by atoms with Crippen LogP contribution < -0.4 is 9.47 Å². The van der Waals surface area contributed by atoms with Gasteiger partial charge < -0.3 is 13.9 Å². The van der Waals surface area contributed by atoms with Crippen LogP contribution >= 0.6 is 0 Å². The molecule has 0 fully saturated rings. The Labute approximate surface area is 161 Å². The van der Waals surface area contributed by atoms with Gasteiger partial charge in [-0.3, -0.25) is 4.99 Å². The van der Waals surface area contributed by atoms with Gasteiger partial charge in [-0.2, -0.15) is 0 Å². The van der Waals surface area contributed by atoms with E-state index in [0.29, 0.717) is 11.8 Å². The first kappa shape index (κ1) is 16.3. The van der Waals surface area contributed by atoms with Crippen molar-refractivity contribution in [1.29, 1.82) is 0 Å². The summed E-state index contributed by atoms with van der Waals surface area (Å²) < 4.78 is 16.5. The molecule has 0 aliphatic carbocycles. The molecule has 0 N–H and O–H groups in total. The molecule has 0 bridgehead atoms. The number of hydrogen-bond acceptors (Lipinski definition) is 6. The van der Waals surface area contributed by atoms with E-state index in [-0.39, 0.29) is 6.79 Å². The zero-order chi connectivity index (χ0) is 18.8. The van der Waals surface area contributed by atoms with Crippen LogP contribution in [0.25, 0.3) is 22.9 Å². The van der Waals surface area contributed by atoms with Crippen molar-refractivity contribution < 1.29 is 13.9 Å². The standard InChI is InChI=1S/C22H15N3O3/c1-2-4-16(5-3-1)21-24-25-22(28-21)17-7-9-18(10-8-17)23-13-15-6-11-19-20(12-15)27-14-26-19/h1-13H,14H2. The van der Waals surface area contributed by atoms with Crippen LogP contribution in [0.5, 0.6) is 11.5 Å². The van der Waals surface area contributed by atoms with Crippen molar-refractivity contribution in [3.63, 3.8) is 0 Å². The molecule has 0 spiro atoms. The highest BCUT2D eigenvalue weighted by Crippen LogP contribution is 2.32. The summed E-state index contributed by atoms with van der Waals surface area (Å²) in [6, 6.07) is 23.1. The van der Waals surface area contributed by atoms with Crippen molar-refractivity contribution in [2.75, 3.05) is 6.79 Å². The Morgan fingerprint density at radius 1 is 0.750 bits per heavy atom. The van der Waals surface area contributed by atoms with E-state index in [1.807, 2.05) is 72.8 Å². The summed E-state index contributed by atoms with van der Waals surface area (Å²) in [5.74, 6) is 2.48. The monoisotopic (exact) mass is 369 g/mol. The molecule has 4 aromatic rings. The second kappa shape index (κ2) is 7.00. The molecule has 0 radical (unpaired) electrons. The molecule has 0 saturated carbocycles. The van der Waals surface area contributed by atoms with E-state index in [9.17, 15) is 0 Å². The number of nitrogens with zero attached hydrogens (tertiary/aromatic N) is 3. The van der Waals surface area contributed by atoms with Crippen molar-refractivity contribution in [1.82, 2.24) is 10.2 Å². The lowest BCUT2D eigenvalue weighted by Gasteiger charge is -1.99. The maximum Gasteiger partial charge on any atom is 0.248 e. The van der Waals surface area contributed by atoms with Crippen LogP contribution in [0.2, 0.25) is 0 Å². The summed E-state index contributed by atoms with van der Waals surface area (Å²) in [6.45, 7) is 0.263. The minimum Gasteiger partial charge on any atom is -0.454 e. The highest BCUT2D eigenvalue weighted by molar-refractivity contribution is 5.83. The molecular weight excluding hydrogens is 354 g/mol. The molecule has 3 aromatic carbocycles. The topological polar surface area (TPSA) is 69.7 Å². The third-order valence-corrected chi connectivity index (χ3v) is 4.32. The Balaban J connectivity index is 1.33. The fourth-order valence-corrected chi connectivity index (χ4v) is 2.87. The minimum atomic E-state index is 0.263. The Morgan fingerprint density at radius 2 is 1.46 bits per heavy atom. The summed E-state index contributed by atoms with van der Waals surface area (Å²) in [6.07, 6.45) is 1.79. The Hall–Kier alpha value is -3.93. The first-order valence-electron chi connectivity index (χ1n) is 8.78. The summed E-state index contributed by atoms with van der Waals surface area (Å²) in [7, 11) is 0. The second-order valence-electron chi connectivity index (χ2n) is 6.20. The van der Waals surface area contributed by atoms with E-state index in [0.717, 1.165) is 33.9 Å². The molecule has 0 atom stereocenters. The summed E-state index contributed by atoms with van der Waals surface area (Å²) in [5.41, 5.74) is 3.50. The SMILES string of the molecule is C(=Nc1ccc(-c2nnc(-c3ccccc3)o2)cc1)c1ccc2c(c1)OCO2. The maximum atomic E-state index is 5.78. The minimum absolute atomic E-state index is 0.263. The zero-order valence-corrected chi connectivity index (χ0v) is 14.8. The molecule has 136 valence electrons. The van der Waals surface area contributed by atoms with E-state index in [2.05, 4.69) is 15.2 Å². The number of ether oxygens (including phenoxy) is 2. The zero-order valence-electron chi connectivity index (χ0n) is 14.8. The van der Waals surface area contributed by atoms with E-state index >= 15 is 0 Å². The third-order valence-electron chi connectivity index (χ3n) is 4.32. The lowest BCUT2D eigenvalue weighted by atomic mass is 10.2. The van der Waals surface area contributed by atoms with Crippen molar-refractivity contribution in [3.8, 4) is 34.4 Å². The highest BCUT2D eigenvalue weighted by atomic mass is 16.7. The smallest absolute Gasteiger partial charge is 0.248 e. The normalized spacial score (nSPS) is 12.6. The molecule has 6 nitrogen and oxygen atoms in total. The van der Waals surface area contributed by atoms with E-state index < -0.39 is 0 Å². The fraction of sp³-hybridized carbons (Fsp3) is 0.0455. The van der Waals surface area contributed by atoms with Crippen LogP contribution in [-0.4, -0.2) is 23.2 Å². The molecule has 6 heteroatoms. The van der Waals surface area contributed by atoms with Gasteiger partial charge in [-0.15, -0.1) is 10.2 Å². The second-order valence-corrected chi connectivity index (χ2v) is 6.20. The van der Waals surface area contributed by atoms with Crippen LogP contribution in [-0.2, 0) is 0 Å². The molecule has 1 aliphatic heterocycles. The van der Waals surface area contributed by atoms with Crippen molar-refractivity contribution in [3.05, 3.63) is 78.4 Å². The third kappa shape index (κ3) is 3.23. The summed E-state index contributed by atoms with van der Waals surface area (Å²) in [5, 5.41) is 8.26. The van der Waals surface area contributed by atoms with Crippen LogP contribution in [0.3, 0.4) is 0 Å². The van der Waals surface area contributed by atoms with Crippen molar-refractivity contribution in [2.45, 2.75) is 0 Å². The van der Waals surface area contributed by atoms with Crippen molar-refractivity contribution >= 4 is 11.9 Å². The number of fused-ring (bicyclic) bond motifs is 1. The average Bonchev–Trinajstić information content (AvgIpc) is 3.43. The number of hydrogen-bond donors (Lipinski definition) is 0. The average molecular weight is 369 g/mol. The molecule has 5 rings (SSSR count). The first-order chi connectivity index (χ1) is 13.8. The molecule has 0 unspecified atom stereocenters. The molecule has 0 amide bonds. The van der Waals surface area contributed by atoms with Gasteiger partial charge in [0.2, 0.25) is 18.6 Å². The van der Waals surface area contributed by atoms with Gasteiger partial charge in [0, 0.05) is 17.3 Å². The number of rotatable bonds is 4. The van der Waals surface area contributed by atoms with Gasteiger partial charge in [0.05, 0.1) is 5.69 Å². The predicted molar refractivity (Wildman–Crippen MR) is 105 cm³/mol. The molecular formula is C22H15N3O3. The summed E-state index contributed by atoms with van der Waals surface area (Å²) >= 11 is 0. The van der Waals surface area contributed by atoms with Gasteiger partial charge in [-0.05, 0) is 60.2 Å². The van der Waals surface area contributed by atoms with Gasteiger partial charge in [0.15, 0.2) is 11.5 Å². The maximum absolute atomic E-state index is 5.78. The van der Waals surface area contributed by atoms with Crippen LogP contribution in [0, 0.1) is 0 Å². The Kier molecular flexibility index (Phi) is 4.06. The fourth-order valence-electron chi connectivity index (χ4n) is 2.87. The van der Waals surface area contributed by atoms with Gasteiger partial charge in [0.1, 0.15) is 0 Å². The molecule has 0 saturated heterocycles. The predicted octanol–water partition coefficient (Wildman–Crippen LogP) is 4.88. The molecule has 28 heavy (non-hydrogen) atoms. The highest BCUT2D eigenvalue weighted by Gasteiger charge is 2.12. The molecule has 1 aliphatic rings. The van der Waals surface area contributed by atoms with Gasteiger partial charge in [-0.1, -0.05) is 18.2 Å². The van der Waals surface area contributed by atoms with E-state index in [4.69, 9.17) is 13.9 Å². The molecule has 1 aromatic heterocycles. The largest absolute Gasteiger partial charge is 0.454 e. The lowest BCUT2D eigenvalue weighted by Crippen LogP contribution is -1.92. The van der Waals surface area contributed by atoms with Gasteiger partial charge in [-0.25, -0.2) is 0 Å². The van der Waals surface area contributed by atoms with E-state index in [1.54, 1.807) is 6.21 Å².